The Morgan fingerprint density at radius 2 is 1.76 bits per heavy atom. The Bertz CT molecular complexity index is 1140. The molecule has 1 aliphatic heterocycles. The van der Waals surface area contributed by atoms with Crippen molar-refractivity contribution >= 4 is 17.4 Å². The van der Waals surface area contributed by atoms with Crippen molar-refractivity contribution in [2.45, 2.75) is 39.7 Å². The van der Waals surface area contributed by atoms with Crippen molar-refractivity contribution < 1.29 is 28.9 Å². The molecule has 8 heteroatoms. The lowest BCUT2D eigenvalue weighted by Gasteiger charge is -2.26. The van der Waals surface area contributed by atoms with Crippen LogP contribution in [0, 0.1) is 5.92 Å². The number of benzene rings is 2. The van der Waals surface area contributed by atoms with Crippen molar-refractivity contribution in [1.29, 1.82) is 0 Å². The molecule has 8 nitrogen and oxygen atoms in total. The zero-order chi connectivity index (χ0) is 27.8. The molecule has 1 unspecified atom stereocenters. The van der Waals surface area contributed by atoms with Crippen LogP contribution in [0.1, 0.15) is 50.8 Å². The molecule has 0 aromatic heterocycles. The van der Waals surface area contributed by atoms with Crippen molar-refractivity contribution in [2.24, 2.45) is 5.92 Å². The summed E-state index contributed by atoms with van der Waals surface area (Å²) in [5.74, 6) is 0.720. The lowest BCUT2D eigenvalue weighted by molar-refractivity contribution is -0.139. The van der Waals surface area contributed by atoms with Gasteiger partial charge in [-0.15, -0.1) is 0 Å². The number of hydrogen-bond donors (Lipinski definition) is 1. The Hall–Kier alpha value is -3.52. The van der Waals surface area contributed by atoms with E-state index in [-0.39, 0.29) is 11.3 Å². The number of likely N-dealkylation sites (tertiary alicyclic amines) is 1. The molecule has 2 aromatic carbocycles. The first-order valence-corrected chi connectivity index (χ1v) is 13.1. The third-order valence-corrected chi connectivity index (χ3v) is 6.44. The number of carbonyl (C=O) groups excluding carboxylic acids is 2. The average molecular weight is 525 g/mol. The largest absolute Gasteiger partial charge is 0.507 e. The molecule has 1 fully saturated rings. The Morgan fingerprint density at radius 3 is 2.37 bits per heavy atom. The van der Waals surface area contributed by atoms with Crippen LogP contribution in [0.25, 0.3) is 5.76 Å². The number of hydrogen-bond acceptors (Lipinski definition) is 7. The number of carbonyl (C=O) groups is 2. The number of Topliss-reactive ketones (excluding diaryl/α,β-unsaturated/α-hetero) is 1. The van der Waals surface area contributed by atoms with E-state index in [0.29, 0.717) is 60.5 Å². The molecule has 2 aromatic rings. The van der Waals surface area contributed by atoms with E-state index < -0.39 is 17.7 Å². The van der Waals surface area contributed by atoms with Gasteiger partial charge < -0.3 is 29.1 Å². The standard InChI is InChI=1S/C30H40N2O6/c1-7-37-25-19-22(11-14-24(25)38-18-15-20(2)3)27-26(28(33)21-9-12-23(36-6)13-10-21)29(34)30(35)32(27)17-8-16-31(4)5/h9-14,19-20,27,33H,7-8,15-18H2,1-6H3. The van der Waals surface area contributed by atoms with Crippen LogP contribution in [0.2, 0.25) is 0 Å². The normalized spacial score (nSPS) is 16.9. The lowest BCUT2D eigenvalue weighted by Crippen LogP contribution is -2.32. The van der Waals surface area contributed by atoms with Crippen molar-refractivity contribution in [3.8, 4) is 17.2 Å². The highest BCUT2D eigenvalue weighted by Crippen LogP contribution is 2.42. The average Bonchev–Trinajstić information content (AvgIpc) is 3.14. The number of amides is 1. The topological polar surface area (TPSA) is 88.5 Å². The van der Waals surface area contributed by atoms with Crippen LogP contribution >= 0.6 is 0 Å². The van der Waals surface area contributed by atoms with Crippen LogP contribution in [0.4, 0.5) is 0 Å². The summed E-state index contributed by atoms with van der Waals surface area (Å²) in [7, 11) is 5.48. The van der Waals surface area contributed by atoms with E-state index in [1.165, 1.54) is 0 Å². The van der Waals surface area contributed by atoms with Crippen molar-refractivity contribution in [3.05, 3.63) is 59.2 Å². The van der Waals surface area contributed by atoms with E-state index in [4.69, 9.17) is 14.2 Å². The number of aliphatic hydroxyl groups excluding tert-OH is 1. The highest BCUT2D eigenvalue weighted by molar-refractivity contribution is 6.46. The molecule has 0 bridgehead atoms. The second kappa shape index (κ2) is 13.3. The maximum Gasteiger partial charge on any atom is 0.295 e. The maximum absolute atomic E-state index is 13.3. The number of nitrogens with zero attached hydrogens (tertiary/aromatic N) is 2. The molecule has 0 saturated carbocycles. The first-order chi connectivity index (χ1) is 18.2. The summed E-state index contributed by atoms with van der Waals surface area (Å²) < 4.78 is 17.1. The van der Waals surface area contributed by atoms with Gasteiger partial charge in [0.05, 0.1) is 31.9 Å². The van der Waals surface area contributed by atoms with Gasteiger partial charge in [0.15, 0.2) is 11.5 Å². The molecule has 0 spiro atoms. The Balaban J connectivity index is 2.08. The predicted octanol–water partition coefficient (Wildman–Crippen LogP) is 4.89. The summed E-state index contributed by atoms with van der Waals surface area (Å²) in [5, 5.41) is 11.3. The van der Waals surface area contributed by atoms with Gasteiger partial charge in [0.25, 0.3) is 11.7 Å². The molecular formula is C30H40N2O6. The maximum atomic E-state index is 13.3. The van der Waals surface area contributed by atoms with Crippen LogP contribution in [0.15, 0.2) is 48.0 Å². The van der Waals surface area contributed by atoms with Gasteiger partial charge >= 0.3 is 0 Å². The zero-order valence-electron chi connectivity index (χ0n) is 23.3. The van der Waals surface area contributed by atoms with Gasteiger partial charge in [0.1, 0.15) is 11.5 Å². The van der Waals surface area contributed by atoms with Gasteiger partial charge in [-0.05, 0) is 88.3 Å². The molecule has 1 heterocycles. The molecule has 0 radical (unpaired) electrons. The molecule has 1 N–H and O–H groups in total. The molecule has 38 heavy (non-hydrogen) atoms. The highest BCUT2D eigenvalue weighted by atomic mass is 16.5. The first kappa shape index (κ1) is 29.0. The second-order valence-corrected chi connectivity index (χ2v) is 10.0. The van der Waals surface area contributed by atoms with Crippen molar-refractivity contribution in [2.75, 3.05) is 47.5 Å². The molecule has 0 aliphatic carbocycles. The van der Waals surface area contributed by atoms with Crippen LogP contribution in [0.3, 0.4) is 0 Å². The fourth-order valence-corrected chi connectivity index (χ4v) is 4.41. The fraction of sp³-hybridized carbons (Fsp3) is 0.467. The summed E-state index contributed by atoms with van der Waals surface area (Å²) in [6.45, 7) is 8.26. The van der Waals surface area contributed by atoms with Crippen LogP contribution in [-0.2, 0) is 9.59 Å². The highest BCUT2D eigenvalue weighted by Gasteiger charge is 2.46. The van der Waals surface area contributed by atoms with Crippen molar-refractivity contribution in [1.82, 2.24) is 9.80 Å². The number of ketones is 1. The van der Waals surface area contributed by atoms with E-state index in [1.807, 2.05) is 44.1 Å². The predicted molar refractivity (Wildman–Crippen MR) is 148 cm³/mol. The monoisotopic (exact) mass is 524 g/mol. The van der Waals surface area contributed by atoms with Crippen LogP contribution in [-0.4, -0.2) is 74.1 Å². The van der Waals surface area contributed by atoms with E-state index >= 15 is 0 Å². The third kappa shape index (κ3) is 6.86. The van der Waals surface area contributed by atoms with Gasteiger partial charge in [-0.1, -0.05) is 19.9 Å². The smallest absolute Gasteiger partial charge is 0.295 e. The number of methoxy groups -OCH3 is 1. The summed E-state index contributed by atoms with van der Waals surface area (Å²) >= 11 is 0. The van der Waals surface area contributed by atoms with Gasteiger partial charge in [-0.25, -0.2) is 0 Å². The van der Waals surface area contributed by atoms with Gasteiger partial charge in [0, 0.05) is 12.1 Å². The van der Waals surface area contributed by atoms with Crippen molar-refractivity contribution in [3.63, 3.8) is 0 Å². The SMILES string of the molecule is CCOc1cc(C2C(=C(O)c3ccc(OC)cc3)C(=O)C(=O)N2CCCN(C)C)ccc1OCCC(C)C. The summed E-state index contributed by atoms with van der Waals surface area (Å²) in [6.07, 6.45) is 1.58. The molecule has 1 saturated heterocycles. The summed E-state index contributed by atoms with van der Waals surface area (Å²) in [5.41, 5.74) is 1.16. The second-order valence-electron chi connectivity index (χ2n) is 10.0. The molecule has 1 aliphatic rings. The lowest BCUT2D eigenvalue weighted by atomic mass is 9.95. The summed E-state index contributed by atoms with van der Waals surface area (Å²) in [6, 6.07) is 11.4. The minimum absolute atomic E-state index is 0.0564. The first-order valence-electron chi connectivity index (χ1n) is 13.1. The Morgan fingerprint density at radius 1 is 1.05 bits per heavy atom. The van der Waals surface area contributed by atoms with E-state index in [9.17, 15) is 14.7 Å². The van der Waals surface area contributed by atoms with E-state index in [2.05, 4.69) is 13.8 Å². The van der Waals surface area contributed by atoms with Gasteiger partial charge in [-0.2, -0.15) is 0 Å². The Labute approximate surface area is 225 Å². The molecular weight excluding hydrogens is 484 g/mol. The van der Waals surface area contributed by atoms with Gasteiger partial charge in [-0.3, -0.25) is 9.59 Å². The number of ether oxygens (including phenoxy) is 3. The molecule has 1 atom stereocenters. The molecule has 206 valence electrons. The van der Waals surface area contributed by atoms with Gasteiger partial charge in [0.2, 0.25) is 0 Å². The zero-order valence-corrected chi connectivity index (χ0v) is 23.3. The van der Waals surface area contributed by atoms with Crippen LogP contribution in [0.5, 0.6) is 17.2 Å². The number of aliphatic hydroxyl groups is 1. The molecule has 3 rings (SSSR count). The minimum Gasteiger partial charge on any atom is -0.507 e. The van der Waals surface area contributed by atoms with Crippen LogP contribution < -0.4 is 14.2 Å². The van der Waals surface area contributed by atoms with E-state index in [1.54, 1.807) is 36.3 Å². The fourth-order valence-electron chi connectivity index (χ4n) is 4.41. The Kier molecular flexibility index (Phi) is 10.2. The molecule has 1 amide bonds. The quantitative estimate of drug-likeness (QED) is 0.227. The number of rotatable bonds is 13. The van der Waals surface area contributed by atoms with E-state index in [0.717, 1.165) is 13.0 Å². The summed E-state index contributed by atoms with van der Waals surface area (Å²) in [4.78, 5) is 30.1. The minimum atomic E-state index is -0.761. The third-order valence-electron chi connectivity index (χ3n) is 6.44.